The number of benzene rings is 1. The lowest BCUT2D eigenvalue weighted by Crippen LogP contribution is -1.90. The second-order valence-electron chi connectivity index (χ2n) is 4.25. The molecule has 0 saturated heterocycles. The van der Waals surface area contributed by atoms with Crippen LogP contribution < -0.4 is 5.32 Å². The lowest BCUT2D eigenvalue weighted by Gasteiger charge is -2.06. The first-order valence-electron chi connectivity index (χ1n) is 5.83. The van der Waals surface area contributed by atoms with Crippen molar-refractivity contribution in [3.05, 3.63) is 42.9 Å². The molecule has 0 radical (unpaired) electrons. The summed E-state index contributed by atoms with van der Waals surface area (Å²) in [5, 5.41) is 9.66. The van der Waals surface area contributed by atoms with Crippen LogP contribution in [0.2, 0.25) is 0 Å². The number of aryl methyl sites for hydroxylation is 1. The van der Waals surface area contributed by atoms with E-state index in [0.717, 1.165) is 22.3 Å². The summed E-state index contributed by atoms with van der Waals surface area (Å²) in [6, 6.07) is 8.28. The third-order valence-electron chi connectivity index (χ3n) is 3.03. The Hall–Kier alpha value is -2.36. The Bertz CT molecular complexity index is 700. The molecule has 0 aliphatic heterocycles. The van der Waals surface area contributed by atoms with E-state index in [1.54, 1.807) is 4.68 Å². The van der Waals surface area contributed by atoms with Gasteiger partial charge in [-0.1, -0.05) is 12.1 Å². The molecule has 3 rings (SSSR count). The van der Waals surface area contributed by atoms with Crippen LogP contribution in [0.3, 0.4) is 0 Å². The van der Waals surface area contributed by atoms with Gasteiger partial charge < -0.3 is 5.32 Å². The summed E-state index contributed by atoms with van der Waals surface area (Å²) in [7, 11) is 3.83. The van der Waals surface area contributed by atoms with Crippen LogP contribution in [0, 0.1) is 0 Å². The molecular weight excluding hydrogens is 224 g/mol. The number of nitrogens with one attached hydrogen (secondary N) is 1. The van der Waals surface area contributed by atoms with Gasteiger partial charge in [0.05, 0.1) is 11.9 Å². The lowest BCUT2D eigenvalue weighted by molar-refractivity contribution is 0.768. The summed E-state index contributed by atoms with van der Waals surface area (Å²) in [6.07, 6.45) is 5.70. The number of nitrogens with zero attached hydrogens (tertiary/aromatic N) is 3. The third-order valence-corrected chi connectivity index (χ3v) is 3.03. The Balaban J connectivity index is 2.17. The van der Waals surface area contributed by atoms with E-state index in [1.165, 1.54) is 5.39 Å². The molecule has 0 bridgehead atoms. The first-order valence-corrected chi connectivity index (χ1v) is 5.83. The smallest absolute Gasteiger partial charge is 0.0739 e. The fourth-order valence-corrected chi connectivity index (χ4v) is 2.10. The molecule has 0 saturated carbocycles. The Kier molecular flexibility index (Phi) is 2.48. The van der Waals surface area contributed by atoms with E-state index < -0.39 is 0 Å². The van der Waals surface area contributed by atoms with Gasteiger partial charge in [0.15, 0.2) is 0 Å². The van der Waals surface area contributed by atoms with Gasteiger partial charge in [0, 0.05) is 43.1 Å². The summed E-state index contributed by atoms with van der Waals surface area (Å²) in [4.78, 5) is 4.51. The second kappa shape index (κ2) is 4.14. The molecule has 2 aromatic heterocycles. The molecule has 0 unspecified atom stereocenters. The van der Waals surface area contributed by atoms with Gasteiger partial charge in [-0.05, 0) is 17.5 Å². The minimum absolute atomic E-state index is 0.948. The van der Waals surface area contributed by atoms with Crippen molar-refractivity contribution < 1.29 is 0 Å². The SMILES string of the molecule is CNc1cccc2cc(-c3cnn(C)c3)ncc12. The highest BCUT2D eigenvalue weighted by molar-refractivity contribution is 5.94. The molecule has 0 amide bonds. The van der Waals surface area contributed by atoms with Crippen molar-refractivity contribution in [1.29, 1.82) is 0 Å². The standard InChI is InChI=1S/C14H14N4/c1-15-13-5-3-4-10-6-14(16-8-12(10)13)11-7-17-18(2)9-11/h3-9,15H,1-2H3. The summed E-state index contributed by atoms with van der Waals surface area (Å²) < 4.78 is 1.78. The first kappa shape index (κ1) is 10.8. The van der Waals surface area contributed by atoms with E-state index in [2.05, 4.69) is 27.5 Å². The summed E-state index contributed by atoms with van der Waals surface area (Å²) in [5.74, 6) is 0. The molecule has 4 heteroatoms. The van der Waals surface area contributed by atoms with Gasteiger partial charge in [0.25, 0.3) is 0 Å². The summed E-state index contributed by atoms with van der Waals surface area (Å²) in [6.45, 7) is 0. The van der Waals surface area contributed by atoms with Crippen LogP contribution in [-0.2, 0) is 7.05 Å². The highest BCUT2D eigenvalue weighted by atomic mass is 15.2. The predicted octanol–water partition coefficient (Wildman–Crippen LogP) is 2.68. The van der Waals surface area contributed by atoms with E-state index in [4.69, 9.17) is 0 Å². The molecule has 0 atom stereocenters. The number of anilines is 1. The summed E-state index contributed by atoms with van der Waals surface area (Å²) in [5.41, 5.74) is 3.08. The number of fused-ring (bicyclic) bond motifs is 1. The number of rotatable bonds is 2. The van der Waals surface area contributed by atoms with Crippen LogP contribution in [0.25, 0.3) is 22.0 Å². The van der Waals surface area contributed by atoms with Gasteiger partial charge in [0.2, 0.25) is 0 Å². The van der Waals surface area contributed by atoms with Gasteiger partial charge in [-0.25, -0.2) is 0 Å². The zero-order chi connectivity index (χ0) is 12.5. The molecule has 0 fully saturated rings. The largest absolute Gasteiger partial charge is 0.388 e. The highest BCUT2D eigenvalue weighted by Crippen LogP contribution is 2.26. The van der Waals surface area contributed by atoms with Crippen molar-refractivity contribution in [3.8, 4) is 11.3 Å². The Morgan fingerprint density at radius 3 is 2.83 bits per heavy atom. The zero-order valence-corrected chi connectivity index (χ0v) is 10.4. The number of pyridine rings is 1. The van der Waals surface area contributed by atoms with Gasteiger partial charge in [-0.3, -0.25) is 9.67 Å². The van der Waals surface area contributed by atoms with Crippen molar-refractivity contribution in [2.24, 2.45) is 7.05 Å². The maximum absolute atomic E-state index is 4.51. The Morgan fingerprint density at radius 2 is 2.11 bits per heavy atom. The number of hydrogen-bond donors (Lipinski definition) is 1. The van der Waals surface area contributed by atoms with Crippen molar-refractivity contribution in [3.63, 3.8) is 0 Å². The van der Waals surface area contributed by atoms with E-state index in [0.29, 0.717) is 0 Å². The average molecular weight is 238 g/mol. The molecule has 4 nitrogen and oxygen atoms in total. The fourth-order valence-electron chi connectivity index (χ4n) is 2.10. The summed E-state index contributed by atoms with van der Waals surface area (Å²) >= 11 is 0. The Morgan fingerprint density at radius 1 is 1.22 bits per heavy atom. The zero-order valence-electron chi connectivity index (χ0n) is 10.4. The monoisotopic (exact) mass is 238 g/mol. The minimum Gasteiger partial charge on any atom is -0.388 e. The topological polar surface area (TPSA) is 42.7 Å². The molecule has 0 aliphatic rings. The van der Waals surface area contributed by atoms with Crippen molar-refractivity contribution in [2.75, 3.05) is 12.4 Å². The second-order valence-corrected chi connectivity index (χ2v) is 4.25. The van der Waals surface area contributed by atoms with Crippen molar-refractivity contribution >= 4 is 16.5 Å². The molecule has 1 N–H and O–H groups in total. The van der Waals surface area contributed by atoms with Gasteiger partial charge in [-0.2, -0.15) is 5.10 Å². The molecule has 1 aromatic carbocycles. The first-order chi connectivity index (χ1) is 8.78. The average Bonchev–Trinajstić information content (AvgIpc) is 2.84. The van der Waals surface area contributed by atoms with Crippen LogP contribution in [0.1, 0.15) is 0 Å². The van der Waals surface area contributed by atoms with Gasteiger partial charge in [-0.15, -0.1) is 0 Å². The van der Waals surface area contributed by atoms with Crippen molar-refractivity contribution in [2.45, 2.75) is 0 Å². The van der Waals surface area contributed by atoms with Crippen LogP contribution in [-0.4, -0.2) is 21.8 Å². The van der Waals surface area contributed by atoms with Crippen LogP contribution in [0.5, 0.6) is 0 Å². The fraction of sp³-hybridized carbons (Fsp3) is 0.143. The van der Waals surface area contributed by atoms with Gasteiger partial charge in [0.1, 0.15) is 0 Å². The molecule has 0 aliphatic carbocycles. The molecule has 2 heterocycles. The van der Waals surface area contributed by atoms with E-state index >= 15 is 0 Å². The maximum Gasteiger partial charge on any atom is 0.0739 e. The van der Waals surface area contributed by atoms with Crippen molar-refractivity contribution in [1.82, 2.24) is 14.8 Å². The number of aromatic nitrogens is 3. The molecule has 18 heavy (non-hydrogen) atoms. The molecule has 3 aromatic rings. The lowest BCUT2D eigenvalue weighted by atomic mass is 10.1. The highest BCUT2D eigenvalue weighted by Gasteiger charge is 2.05. The normalized spacial score (nSPS) is 10.8. The molecule has 0 spiro atoms. The molecular formula is C14H14N4. The van der Waals surface area contributed by atoms with Crippen LogP contribution in [0.4, 0.5) is 5.69 Å². The van der Waals surface area contributed by atoms with Gasteiger partial charge >= 0.3 is 0 Å². The minimum atomic E-state index is 0.948. The molecule has 90 valence electrons. The van der Waals surface area contributed by atoms with E-state index in [-0.39, 0.29) is 0 Å². The quantitative estimate of drug-likeness (QED) is 0.746. The Labute approximate surface area is 105 Å². The maximum atomic E-state index is 4.51. The number of hydrogen-bond acceptors (Lipinski definition) is 3. The predicted molar refractivity (Wildman–Crippen MR) is 73.5 cm³/mol. The van der Waals surface area contributed by atoms with E-state index in [9.17, 15) is 0 Å². The van der Waals surface area contributed by atoms with E-state index in [1.807, 2.05) is 44.8 Å². The third kappa shape index (κ3) is 1.72. The van der Waals surface area contributed by atoms with Crippen LogP contribution >= 0.6 is 0 Å². The van der Waals surface area contributed by atoms with Crippen LogP contribution in [0.15, 0.2) is 42.9 Å².